The minimum absolute atomic E-state index is 0.343. The molecule has 0 bridgehead atoms. The van der Waals surface area contributed by atoms with Gasteiger partial charge in [-0.2, -0.15) is 5.48 Å². The van der Waals surface area contributed by atoms with Crippen molar-refractivity contribution in [2.45, 2.75) is 38.8 Å². The summed E-state index contributed by atoms with van der Waals surface area (Å²) in [5.74, 6) is -0.343. The molecule has 2 aromatic rings. The molecule has 0 aliphatic heterocycles. The summed E-state index contributed by atoms with van der Waals surface area (Å²) in [7, 11) is 1.38. The first-order chi connectivity index (χ1) is 9.90. The van der Waals surface area contributed by atoms with E-state index in [2.05, 4.69) is 10.5 Å². The van der Waals surface area contributed by atoms with Crippen LogP contribution in [0, 0.1) is 0 Å². The largest absolute Gasteiger partial charge is 0.468 e. The molecule has 0 fully saturated rings. The normalized spacial score (nSPS) is 13.3. The number of H-pyrrole nitrogens is 1. The van der Waals surface area contributed by atoms with Crippen LogP contribution in [0.4, 0.5) is 0 Å². The van der Waals surface area contributed by atoms with E-state index in [1.807, 2.05) is 51.2 Å². The summed E-state index contributed by atoms with van der Waals surface area (Å²) in [6.07, 6.45) is 2.41. The highest BCUT2D eigenvalue weighted by molar-refractivity contribution is 5.84. The molecule has 0 aliphatic carbocycles. The van der Waals surface area contributed by atoms with Crippen LogP contribution in [0.5, 0.6) is 0 Å². The highest BCUT2D eigenvalue weighted by Gasteiger charge is 2.23. The van der Waals surface area contributed by atoms with Crippen LogP contribution in [0.2, 0.25) is 0 Å². The average molecular weight is 290 g/mol. The number of hydrogen-bond acceptors (Lipinski definition) is 4. The zero-order valence-electron chi connectivity index (χ0n) is 12.9. The fourth-order valence-corrected chi connectivity index (χ4v) is 2.08. The summed E-state index contributed by atoms with van der Waals surface area (Å²) in [6, 6.07) is 7.44. The molecule has 0 saturated carbocycles. The Balaban J connectivity index is 2.16. The second-order valence-corrected chi connectivity index (χ2v) is 5.97. The molecule has 1 unspecified atom stereocenters. The van der Waals surface area contributed by atoms with Crippen molar-refractivity contribution < 1.29 is 14.4 Å². The molecule has 0 radical (unpaired) electrons. The number of hydroxylamine groups is 1. The van der Waals surface area contributed by atoms with Crippen molar-refractivity contribution in [2.24, 2.45) is 0 Å². The summed E-state index contributed by atoms with van der Waals surface area (Å²) in [6.45, 7) is 5.75. The first kappa shape index (κ1) is 15.5. The van der Waals surface area contributed by atoms with Crippen molar-refractivity contribution in [1.29, 1.82) is 0 Å². The number of rotatable bonds is 5. The maximum absolute atomic E-state index is 11.9. The van der Waals surface area contributed by atoms with E-state index in [9.17, 15) is 4.79 Å². The third-order valence-electron chi connectivity index (χ3n) is 3.09. The van der Waals surface area contributed by atoms with Crippen LogP contribution in [0.3, 0.4) is 0 Å². The van der Waals surface area contributed by atoms with Crippen LogP contribution in [0.1, 0.15) is 26.3 Å². The second-order valence-electron chi connectivity index (χ2n) is 5.97. The molecule has 1 aromatic carbocycles. The number of fused-ring (bicyclic) bond motifs is 1. The van der Waals surface area contributed by atoms with E-state index in [0.717, 1.165) is 16.5 Å². The summed E-state index contributed by atoms with van der Waals surface area (Å²) >= 11 is 0. The van der Waals surface area contributed by atoms with Gasteiger partial charge in [-0.1, -0.05) is 18.2 Å². The maximum atomic E-state index is 11.9. The lowest BCUT2D eigenvalue weighted by Crippen LogP contribution is -2.43. The van der Waals surface area contributed by atoms with Gasteiger partial charge in [0.05, 0.1) is 12.7 Å². The van der Waals surface area contributed by atoms with Crippen molar-refractivity contribution >= 4 is 16.9 Å². The number of aromatic nitrogens is 1. The zero-order valence-corrected chi connectivity index (χ0v) is 12.9. The van der Waals surface area contributed by atoms with E-state index >= 15 is 0 Å². The van der Waals surface area contributed by atoms with Crippen LogP contribution < -0.4 is 5.48 Å². The summed E-state index contributed by atoms with van der Waals surface area (Å²) in [5, 5.41) is 1.10. The van der Waals surface area contributed by atoms with E-state index in [1.165, 1.54) is 7.11 Å². The fraction of sp³-hybridized carbons (Fsp3) is 0.438. The molecule has 0 saturated heterocycles. The number of ether oxygens (including phenoxy) is 1. The number of nitrogens with one attached hydrogen (secondary N) is 2. The fourth-order valence-electron chi connectivity index (χ4n) is 2.08. The van der Waals surface area contributed by atoms with Crippen molar-refractivity contribution in [1.82, 2.24) is 10.5 Å². The van der Waals surface area contributed by atoms with Gasteiger partial charge in [0.25, 0.3) is 0 Å². The molecular formula is C16H22N2O3. The minimum Gasteiger partial charge on any atom is -0.468 e. The van der Waals surface area contributed by atoms with E-state index in [-0.39, 0.29) is 11.6 Å². The Kier molecular flexibility index (Phi) is 4.65. The Morgan fingerprint density at radius 3 is 2.71 bits per heavy atom. The van der Waals surface area contributed by atoms with Gasteiger partial charge < -0.3 is 9.72 Å². The Bertz CT molecular complexity index is 613. The zero-order chi connectivity index (χ0) is 15.5. The number of aromatic amines is 1. The Morgan fingerprint density at radius 2 is 2.05 bits per heavy atom. The maximum Gasteiger partial charge on any atom is 0.325 e. The summed E-state index contributed by atoms with van der Waals surface area (Å²) < 4.78 is 4.85. The third-order valence-corrected chi connectivity index (χ3v) is 3.09. The van der Waals surface area contributed by atoms with Gasteiger partial charge in [-0.05, 0) is 32.4 Å². The lowest BCUT2D eigenvalue weighted by molar-refractivity contribution is -0.153. The molecule has 0 spiro atoms. The molecular weight excluding hydrogens is 268 g/mol. The van der Waals surface area contributed by atoms with Gasteiger partial charge in [0.1, 0.15) is 6.04 Å². The topological polar surface area (TPSA) is 63.4 Å². The quantitative estimate of drug-likeness (QED) is 0.656. The SMILES string of the molecule is COC(=O)C(Cc1c[nH]c2ccccc12)NOC(C)(C)C. The molecule has 1 atom stereocenters. The molecule has 5 heteroatoms. The van der Waals surface area contributed by atoms with Gasteiger partial charge >= 0.3 is 5.97 Å². The van der Waals surface area contributed by atoms with E-state index < -0.39 is 6.04 Å². The predicted octanol–water partition coefficient (Wildman–Crippen LogP) is 2.57. The average Bonchev–Trinajstić information content (AvgIpc) is 2.85. The van der Waals surface area contributed by atoms with Gasteiger partial charge in [-0.25, -0.2) is 0 Å². The van der Waals surface area contributed by atoms with Crippen LogP contribution in [-0.2, 0) is 20.8 Å². The van der Waals surface area contributed by atoms with E-state index in [1.54, 1.807) is 0 Å². The molecule has 1 heterocycles. The van der Waals surface area contributed by atoms with Gasteiger partial charge in [0, 0.05) is 23.5 Å². The Labute approximate surface area is 124 Å². The van der Waals surface area contributed by atoms with Gasteiger partial charge in [-0.3, -0.25) is 9.63 Å². The molecule has 21 heavy (non-hydrogen) atoms. The first-order valence-corrected chi connectivity index (χ1v) is 6.97. The summed E-state index contributed by atoms with van der Waals surface area (Å²) in [5.41, 5.74) is 4.54. The Morgan fingerprint density at radius 1 is 1.33 bits per heavy atom. The molecule has 2 N–H and O–H groups in total. The highest BCUT2D eigenvalue weighted by Crippen LogP contribution is 2.19. The van der Waals surface area contributed by atoms with Gasteiger partial charge in [0.2, 0.25) is 0 Å². The van der Waals surface area contributed by atoms with Crippen molar-refractivity contribution in [3.8, 4) is 0 Å². The van der Waals surface area contributed by atoms with Gasteiger partial charge in [0.15, 0.2) is 0 Å². The molecule has 1 aromatic heterocycles. The minimum atomic E-state index is -0.548. The van der Waals surface area contributed by atoms with Gasteiger partial charge in [-0.15, -0.1) is 0 Å². The number of benzene rings is 1. The van der Waals surface area contributed by atoms with E-state index in [4.69, 9.17) is 9.57 Å². The predicted molar refractivity (Wildman–Crippen MR) is 81.8 cm³/mol. The van der Waals surface area contributed by atoms with Crippen LogP contribution >= 0.6 is 0 Å². The van der Waals surface area contributed by atoms with Crippen LogP contribution in [-0.4, -0.2) is 29.7 Å². The number of carbonyl (C=O) groups excluding carboxylic acids is 1. The molecule has 5 nitrogen and oxygen atoms in total. The molecule has 0 amide bonds. The number of carbonyl (C=O) groups is 1. The standard InChI is InChI=1S/C16H22N2O3/c1-16(2,3)21-18-14(15(19)20-4)9-11-10-17-13-8-6-5-7-12(11)13/h5-8,10,14,17-18H,9H2,1-4H3. The molecule has 2 rings (SSSR count). The van der Waals surface area contributed by atoms with Crippen molar-refractivity contribution in [3.63, 3.8) is 0 Å². The van der Waals surface area contributed by atoms with Crippen molar-refractivity contribution in [3.05, 3.63) is 36.0 Å². The van der Waals surface area contributed by atoms with Crippen molar-refractivity contribution in [2.75, 3.05) is 7.11 Å². The number of esters is 1. The number of hydrogen-bond donors (Lipinski definition) is 2. The number of para-hydroxylation sites is 1. The monoisotopic (exact) mass is 290 g/mol. The highest BCUT2D eigenvalue weighted by atomic mass is 16.7. The second kappa shape index (κ2) is 6.28. The molecule has 0 aliphatic rings. The Hall–Kier alpha value is -1.85. The number of methoxy groups -OCH3 is 1. The van der Waals surface area contributed by atoms with E-state index in [0.29, 0.717) is 6.42 Å². The third kappa shape index (κ3) is 4.06. The first-order valence-electron chi connectivity index (χ1n) is 6.97. The lowest BCUT2D eigenvalue weighted by atomic mass is 10.1. The lowest BCUT2D eigenvalue weighted by Gasteiger charge is -2.23. The van der Waals surface area contributed by atoms with Crippen LogP contribution in [0.25, 0.3) is 10.9 Å². The van der Waals surface area contributed by atoms with Crippen LogP contribution in [0.15, 0.2) is 30.5 Å². The molecule has 114 valence electrons. The summed E-state index contributed by atoms with van der Waals surface area (Å²) in [4.78, 5) is 20.6. The smallest absolute Gasteiger partial charge is 0.325 e.